The summed E-state index contributed by atoms with van der Waals surface area (Å²) in [4.78, 5) is 12.2. The molecule has 1 amide bonds. The molecule has 10 heteroatoms. The third-order valence-corrected chi connectivity index (χ3v) is 6.01. The van der Waals surface area contributed by atoms with Crippen molar-refractivity contribution in [1.29, 1.82) is 0 Å². The molecule has 0 atom stereocenters. The maximum absolute atomic E-state index is 12.2. The fraction of sp³-hybridized carbons (Fsp3) is 0.125. The molecular weight excluding hydrogens is 510 g/mol. The molecule has 0 fully saturated rings. The van der Waals surface area contributed by atoms with Crippen molar-refractivity contribution in [1.82, 2.24) is 5.43 Å². The third kappa shape index (κ3) is 5.54. The molecule has 6 nitrogen and oxygen atoms in total. The number of amides is 1. The molecule has 0 spiro atoms. The summed E-state index contributed by atoms with van der Waals surface area (Å²) in [6.45, 7) is -0.414. The third-order valence-electron chi connectivity index (χ3n) is 3.19. The SMILES string of the molecule is CS(=O)(=O)N(CC(=O)NN=Cc1c(Cl)cccc1Br)c1ccccc1Br. The Morgan fingerprint density at radius 3 is 2.46 bits per heavy atom. The zero-order valence-corrected chi connectivity index (χ0v) is 18.2. The molecule has 0 aliphatic rings. The first-order valence-electron chi connectivity index (χ1n) is 7.18. The Balaban J connectivity index is 2.14. The van der Waals surface area contributed by atoms with Gasteiger partial charge in [0.15, 0.2) is 0 Å². The number of rotatable bonds is 6. The van der Waals surface area contributed by atoms with Gasteiger partial charge >= 0.3 is 0 Å². The molecule has 0 aromatic heterocycles. The second-order valence-corrected chi connectivity index (χ2v) is 9.17. The summed E-state index contributed by atoms with van der Waals surface area (Å²) in [5.74, 6) is -0.592. The zero-order valence-electron chi connectivity index (χ0n) is 13.5. The molecule has 2 aromatic rings. The van der Waals surface area contributed by atoms with Crippen LogP contribution in [0.3, 0.4) is 0 Å². The molecule has 0 saturated carbocycles. The van der Waals surface area contributed by atoms with Crippen LogP contribution in [-0.4, -0.2) is 33.3 Å². The number of nitrogens with one attached hydrogen (secondary N) is 1. The lowest BCUT2D eigenvalue weighted by Gasteiger charge is -2.22. The monoisotopic (exact) mass is 521 g/mol. The molecule has 138 valence electrons. The van der Waals surface area contributed by atoms with Crippen molar-refractivity contribution in [2.75, 3.05) is 17.1 Å². The van der Waals surface area contributed by atoms with E-state index in [1.165, 1.54) is 6.21 Å². The molecule has 0 saturated heterocycles. The number of hydrogen-bond donors (Lipinski definition) is 1. The molecule has 2 aromatic carbocycles. The van der Waals surface area contributed by atoms with Gasteiger partial charge in [-0.05, 0) is 40.2 Å². The van der Waals surface area contributed by atoms with Crippen molar-refractivity contribution in [2.45, 2.75) is 0 Å². The summed E-state index contributed by atoms with van der Waals surface area (Å²) < 4.78 is 26.4. The lowest BCUT2D eigenvalue weighted by atomic mass is 10.2. The Bertz CT molecular complexity index is 931. The maximum atomic E-state index is 12.2. The number of anilines is 1. The van der Waals surface area contributed by atoms with Gasteiger partial charge < -0.3 is 0 Å². The molecule has 2 rings (SSSR count). The number of benzene rings is 2. The van der Waals surface area contributed by atoms with Crippen molar-refractivity contribution in [2.24, 2.45) is 5.10 Å². The highest BCUT2D eigenvalue weighted by Gasteiger charge is 2.22. The number of hydrazone groups is 1. The van der Waals surface area contributed by atoms with Gasteiger partial charge in [0.1, 0.15) is 6.54 Å². The van der Waals surface area contributed by atoms with Crippen molar-refractivity contribution in [3.05, 3.63) is 62.0 Å². The number of carbonyl (C=O) groups excluding carboxylic acids is 1. The van der Waals surface area contributed by atoms with Gasteiger partial charge in [0.25, 0.3) is 5.91 Å². The van der Waals surface area contributed by atoms with Crippen LogP contribution in [-0.2, 0) is 14.8 Å². The van der Waals surface area contributed by atoms with E-state index in [9.17, 15) is 13.2 Å². The normalized spacial score (nSPS) is 11.5. The average molecular weight is 524 g/mol. The second kappa shape index (κ2) is 8.98. The molecule has 1 N–H and O–H groups in total. The minimum Gasteiger partial charge on any atom is -0.271 e. The lowest BCUT2D eigenvalue weighted by molar-refractivity contribution is -0.119. The fourth-order valence-electron chi connectivity index (χ4n) is 2.00. The lowest BCUT2D eigenvalue weighted by Crippen LogP contribution is -2.39. The van der Waals surface area contributed by atoms with Gasteiger partial charge in [-0.3, -0.25) is 9.10 Å². The van der Waals surface area contributed by atoms with Gasteiger partial charge in [-0.15, -0.1) is 0 Å². The van der Waals surface area contributed by atoms with Crippen LogP contribution in [0.15, 0.2) is 56.5 Å². The number of sulfonamides is 1. The van der Waals surface area contributed by atoms with Gasteiger partial charge in [-0.2, -0.15) is 5.10 Å². The van der Waals surface area contributed by atoms with Crippen LogP contribution in [0.2, 0.25) is 5.02 Å². The maximum Gasteiger partial charge on any atom is 0.260 e. The number of para-hydroxylation sites is 1. The largest absolute Gasteiger partial charge is 0.271 e. The first-order chi connectivity index (χ1) is 12.2. The van der Waals surface area contributed by atoms with Crippen LogP contribution in [0.5, 0.6) is 0 Å². The number of nitrogens with zero attached hydrogens (tertiary/aromatic N) is 2. The summed E-state index contributed by atoms with van der Waals surface area (Å²) in [5, 5.41) is 4.30. The molecule has 0 radical (unpaired) electrons. The van der Waals surface area contributed by atoms with Crippen LogP contribution in [0.1, 0.15) is 5.56 Å². The summed E-state index contributed by atoms with van der Waals surface area (Å²) in [5.41, 5.74) is 3.27. The number of hydrogen-bond acceptors (Lipinski definition) is 4. The van der Waals surface area contributed by atoms with Gasteiger partial charge in [-0.1, -0.05) is 45.7 Å². The number of halogens is 3. The Kier molecular flexibility index (Phi) is 7.22. The van der Waals surface area contributed by atoms with E-state index in [1.54, 1.807) is 42.5 Å². The zero-order chi connectivity index (χ0) is 19.3. The second-order valence-electron chi connectivity index (χ2n) is 5.15. The van der Waals surface area contributed by atoms with Crippen LogP contribution in [0.4, 0.5) is 5.69 Å². The Morgan fingerprint density at radius 2 is 1.85 bits per heavy atom. The van der Waals surface area contributed by atoms with Gasteiger partial charge in [0, 0.05) is 14.5 Å². The van der Waals surface area contributed by atoms with Gasteiger partial charge in [0.2, 0.25) is 10.0 Å². The van der Waals surface area contributed by atoms with Crippen LogP contribution >= 0.6 is 43.5 Å². The van der Waals surface area contributed by atoms with Crippen molar-refractivity contribution in [3.63, 3.8) is 0 Å². The van der Waals surface area contributed by atoms with E-state index in [1.807, 2.05) is 0 Å². The smallest absolute Gasteiger partial charge is 0.260 e. The summed E-state index contributed by atoms with van der Waals surface area (Å²) in [6.07, 6.45) is 2.41. The fourth-order valence-corrected chi connectivity index (χ4v) is 4.29. The molecule has 0 aliphatic heterocycles. The van der Waals surface area contributed by atoms with Gasteiger partial charge in [-0.25, -0.2) is 13.8 Å². The average Bonchev–Trinajstić information content (AvgIpc) is 2.55. The highest BCUT2D eigenvalue weighted by molar-refractivity contribution is 9.11. The predicted molar refractivity (Wildman–Crippen MR) is 111 cm³/mol. The summed E-state index contributed by atoms with van der Waals surface area (Å²) in [6, 6.07) is 12.0. The highest BCUT2D eigenvalue weighted by Crippen LogP contribution is 2.27. The van der Waals surface area contributed by atoms with E-state index < -0.39 is 22.5 Å². The first-order valence-corrected chi connectivity index (χ1v) is 11.0. The van der Waals surface area contributed by atoms with E-state index in [0.717, 1.165) is 10.6 Å². The molecule has 0 aliphatic carbocycles. The van der Waals surface area contributed by atoms with E-state index in [-0.39, 0.29) is 0 Å². The Morgan fingerprint density at radius 1 is 1.19 bits per heavy atom. The topological polar surface area (TPSA) is 78.8 Å². The minimum atomic E-state index is -3.66. The quantitative estimate of drug-likeness (QED) is 0.462. The minimum absolute atomic E-state index is 0.364. The Hall–Kier alpha value is -1.42. The van der Waals surface area contributed by atoms with E-state index in [4.69, 9.17) is 11.6 Å². The van der Waals surface area contributed by atoms with E-state index in [0.29, 0.717) is 25.2 Å². The Labute approximate surface area is 173 Å². The standard InChI is InChI=1S/C16H14Br2ClN3O3S/c1-26(24,25)22(15-8-3-2-5-13(15)18)10-16(23)21-20-9-11-12(17)6-4-7-14(11)19/h2-9H,10H2,1H3,(H,21,23). The molecule has 26 heavy (non-hydrogen) atoms. The highest BCUT2D eigenvalue weighted by atomic mass is 79.9. The van der Waals surface area contributed by atoms with Crippen LogP contribution < -0.4 is 9.73 Å². The first kappa shape index (κ1) is 20.9. The van der Waals surface area contributed by atoms with Crippen LogP contribution in [0, 0.1) is 0 Å². The number of carbonyl (C=O) groups is 1. The molecule has 0 unspecified atom stereocenters. The van der Waals surface area contributed by atoms with Crippen molar-refractivity contribution in [3.8, 4) is 0 Å². The van der Waals surface area contributed by atoms with Crippen molar-refractivity contribution >= 4 is 71.3 Å². The summed E-state index contributed by atoms with van der Waals surface area (Å²) >= 11 is 12.7. The molecule has 0 bridgehead atoms. The molecular formula is C16H14Br2ClN3O3S. The predicted octanol–water partition coefficient (Wildman–Crippen LogP) is 3.78. The molecule has 0 heterocycles. The van der Waals surface area contributed by atoms with Crippen molar-refractivity contribution < 1.29 is 13.2 Å². The summed E-state index contributed by atoms with van der Waals surface area (Å²) in [7, 11) is -3.66. The van der Waals surface area contributed by atoms with Gasteiger partial charge in [0.05, 0.1) is 23.2 Å². The van der Waals surface area contributed by atoms with Crippen LogP contribution in [0.25, 0.3) is 0 Å². The van der Waals surface area contributed by atoms with E-state index >= 15 is 0 Å². The van der Waals surface area contributed by atoms with E-state index in [2.05, 4.69) is 42.4 Å².